The number of rotatable bonds is 5. The molecule has 0 bridgehead atoms. The molecule has 0 atom stereocenters. The Morgan fingerprint density at radius 2 is 2.19 bits per heavy atom. The molecule has 5 rings (SSSR count). The van der Waals surface area contributed by atoms with Crippen molar-refractivity contribution in [3.05, 3.63) is 36.2 Å². The van der Waals surface area contributed by atoms with E-state index in [-0.39, 0.29) is 12.4 Å². The van der Waals surface area contributed by atoms with Crippen LogP contribution in [0.5, 0.6) is 0 Å². The van der Waals surface area contributed by atoms with E-state index in [4.69, 9.17) is 9.51 Å². The maximum atomic E-state index is 13.9. The predicted molar refractivity (Wildman–Crippen MR) is 96.1 cm³/mol. The van der Waals surface area contributed by atoms with Gasteiger partial charge < -0.3 is 14.5 Å². The van der Waals surface area contributed by atoms with Gasteiger partial charge in [0.2, 0.25) is 11.7 Å². The molecule has 1 saturated carbocycles. The number of nitrogens with zero attached hydrogens (tertiary/aromatic N) is 6. The van der Waals surface area contributed by atoms with E-state index in [9.17, 15) is 9.50 Å². The average molecular weight is 368 g/mol. The van der Waals surface area contributed by atoms with Crippen molar-refractivity contribution in [3.8, 4) is 11.5 Å². The second-order valence-electron chi connectivity index (χ2n) is 6.76. The van der Waals surface area contributed by atoms with E-state index in [2.05, 4.69) is 15.1 Å². The van der Waals surface area contributed by atoms with Crippen LogP contribution in [0.15, 0.2) is 29.0 Å². The summed E-state index contributed by atoms with van der Waals surface area (Å²) in [6, 6.07) is 4.52. The molecule has 4 aromatic rings. The van der Waals surface area contributed by atoms with Crippen LogP contribution >= 0.6 is 0 Å². The lowest BCUT2D eigenvalue weighted by molar-refractivity contribution is 0.304. The monoisotopic (exact) mass is 368 g/mol. The van der Waals surface area contributed by atoms with Crippen molar-refractivity contribution in [1.82, 2.24) is 24.5 Å². The number of likely N-dealkylation sites (N-methyl/N-ethyl adjacent to an activating group) is 1. The lowest BCUT2D eigenvalue weighted by atomic mass is 10.2. The summed E-state index contributed by atoms with van der Waals surface area (Å²) < 4.78 is 21.0. The summed E-state index contributed by atoms with van der Waals surface area (Å²) in [6.45, 7) is 0.328. The third kappa shape index (κ3) is 2.62. The number of halogens is 1. The fraction of sp³-hybridized carbons (Fsp3) is 0.333. The highest BCUT2D eigenvalue weighted by atomic mass is 19.1. The Morgan fingerprint density at radius 3 is 2.96 bits per heavy atom. The molecule has 138 valence electrons. The van der Waals surface area contributed by atoms with Gasteiger partial charge in [-0.15, -0.1) is 0 Å². The molecule has 8 nitrogen and oxygen atoms in total. The van der Waals surface area contributed by atoms with Crippen molar-refractivity contribution in [2.45, 2.75) is 18.8 Å². The zero-order valence-corrected chi connectivity index (χ0v) is 14.6. The van der Waals surface area contributed by atoms with Gasteiger partial charge in [0, 0.05) is 24.9 Å². The highest BCUT2D eigenvalue weighted by Crippen LogP contribution is 2.39. The first-order valence-corrected chi connectivity index (χ1v) is 8.78. The first-order valence-electron chi connectivity index (χ1n) is 8.78. The second kappa shape index (κ2) is 5.98. The molecule has 3 aromatic heterocycles. The van der Waals surface area contributed by atoms with Crippen LogP contribution in [-0.4, -0.2) is 49.8 Å². The zero-order chi connectivity index (χ0) is 18.5. The fourth-order valence-electron chi connectivity index (χ4n) is 3.22. The Labute approximate surface area is 153 Å². The van der Waals surface area contributed by atoms with Crippen LogP contribution in [-0.2, 0) is 0 Å². The third-order valence-corrected chi connectivity index (χ3v) is 4.79. The van der Waals surface area contributed by atoms with Crippen molar-refractivity contribution in [3.63, 3.8) is 0 Å². The summed E-state index contributed by atoms with van der Waals surface area (Å²) in [5, 5.41) is 14.0. The molecule has 27 heavy (non-hydrogen) atoms. The van der Waals surface area contributed by atoms with Crippen molar-refractivity contribution in [2.24, 2.45) is 0 Å². The smallest absolute Gasteiger partial charge is 0.230 e. The molecule has 1 N–H and O–H groups in total. The zero-order valence-electron chi connectivity index (χ0n) is 14.6. The predicted octanol–water partition coefficient (Wildman–Crippen LogP) is 2.38. The van der Waals surface area contributed by atoms with Crippen molar-refractivity contribution < 1.29 is 14.0 Å². The SMILES string of the molecule is CN(CCO)c1nc2c(-c3noc(C4CC4)n3)ncn2c2ccc(F)cc12. The fourth-order valence-corrected chi connectivity index (χ4v) is 3.22. The summed E-state index contributed by atoms with van der Waals surface area (Å²) in [5.41, 5.74) is 1.82. The number of hydrogen-bond acceptors (Lipinski definition) is 7. The van der Waals surface area contributed by atoms with E-state index in [1.54, 1.807) is 28.7 Å². The van der Waals surface area contributed by atoms with E-state index in [1.807, 2.05) is 0 Å². The van der Waals surface area contributed by atoms with Gasteiger partial charge in [-0.25, -0.2) is 14.4 Å². The van der Waals surface area contributed by atoms with Crippen LogP contribution in [0.3, 0.4) is 0 Å². The Balaban J connectivity index is 1.74. The summed E-state index contributed by atoms with van der Waals surface area (Å²) in [6.07, 6.45) is 3.76. The molecule has 1 fully saturated rings. The molecule has 0 spiro atoms. The Bertz CT molecular complexity index is 1150. The summed E-state index contributed by atoms with van der Waals surface area (Å²) in [5.74, 6) is 1.58. The molecule has 0 saturated heterocycles. The van der Waals surface area contributed by atoms with Crippen LogP contribution in [0.4, 0.5) is 10.2 Å². The molecular weight excluding hydrogens is 351 g/mol. The first kappa shape index (κ1) is 16.1. The van der Waals surface area contributed by atoms with Crippen LogP contribution < -0.4 is 4.90 Å². The van der Waals surface area contributed by atoms with Crippen LogP contribution in [0.25, 0.3) is 28.1 Å². The van der Waals surface area contributed by atoms with Gasteiger partial charge in [-0.2, -0.15) is 4.98 Å². The Hall–Kier alpha value is -3.07. The molecule has 1 aliphatic carbocycles. The minimum absolute atomic E-state index is 0.0398. The van der Waals surface area contributed by atoms with Gasteiger partial charge in [-0.1, -0.05) is 5.16 Å². The molecule has 0 radical (unpaired) electrons. The van der Waals surface area contributed by atoms with E-state index in [0.29, 0.717) is 46.7 Å². The van der Waals surface area contributed by atoms with E-state index < -0.39 is 0 Å². The van der Waals surface area contributed by atoms with Crippen molar-refractivity contribution >= 4 is 22.4 Å². The van der Waals surface area contributed by atoms with Gasteiger partial charge in [0.25, 0.3) is 0 Å². The first-order chi connectivity index (χ1) is 13.2. The molecule has 0 amide bonds. The van der Waals surface area contributed by atoms with E-state index >= 15 is 0 Å². The topological polar surface area (TPSA) is 92.6 Å². The quantitative estimate of drug-likeness (QED) is 0.578. The highest BCUT2D eigenvalue weighted by Gasteiger charge is 2.30. The van der Waals surface area contributed by atoms with Gasteiger partial charge in [-0.3, -0.25) is 4.40 Å². The average Bonchev–Trinajstić information content (AvgIpc) is 3.24. The maximum absolute atomic E-state index is 13.9. The Kier molecular flexibility index (Phi) is 3.57. The highest BCUT2D eigenvalue weighted by molar-refractivity contribution is 5.93. The van der Waals surface area contributed by atoms with Crippen LogP contribution in [0.1, 0.15) is 24.7 Å². The number of aromatic nitrogens is 5. The molecule has 9 heteroatoms. The maximum Gasteiger partial charge on any atom is 0.230 e. The third-order valence-electron chi connectivity index (χ3n) is 4.79. The minimum atomic E-state index is -0.352. The lowest BCUT2D eigenvalue weighted by Gasteiger charge is -2.19. The largest absolute Gasteiger partial charge is 0.395 e. The van der Waals surface area contributed by atoms with E-state index in [0.717, 1.165) is 18.4 Å². The number of aliphatic hydroxyl groups excluding tert-OH is 1. The number of anilines is 1. The van der Waals surface area contributed by atoms with Crippen LogP contribution in [0, 0.1) is 5.82 Å². The summed E-state index contributed by atoms with van der Waals surface area (Å²) in [4.78, 5) is 15.4. The van der Waals surface area contributed by atoms with Gasteiger partial charge in [0.05, 0.1) is 12.1 Å². The molecular formula is C18H17FN6O2. The number of benzene rings is 1. The molecule has 0 aliphatic heterocycles. The molecule has 1 aromatic carbocycles. The number of fused-ring (bicyclic) bond motifs is 3. The lowest BCUT2D eigenvalue weighted by Crippen LogP contribution is -2.23. The molecule has 3 heterocycles. The normalized spacial score (nSPS) is 14.3. The minimum Gasteiger partial charge on any atom is -0.395 e. The van der Waals surface area contributed by atoms with Gasteiger partial charge in [-0.05, 0) is 31.0 Å². The van der Waals surface area contributed by atoms with E-state index in [1.165, 1.54) is 12.1 Å². The van der Waals surface area contributed by atoms with Crippen LogP contribution in [0.2, 0.25) is 0 Å². The molecule has 1 aliphatic rings. The van der Waals surface area contributed by atoms with Crippen molar-refractivity contribution in [1.29, 1.82) is 0 Å². The molecule has 0 unspecified atom stereocenters. The summed E-state index contributed by atoms with van der Waals surface area (Å²) >= 11 is 0. The van der Waals surface area contributed by atoms with Crippen molar-refractivity contribution in [2.75, 3.05) is 25.1 Å². The van der Waals surface area contributed by atoms with Gasteiger partial charge in [0.1, 0.15) is 18.0 Å². The van der Waals surface area contributed by atoms with Gasteiger partial charge >= 0.3 is 0 Å². The summed E-state index contributed by atoms with van der Waals surface area (Å²) in [7, 11) is 1.80. The number of imidazole rings is 1. The standard InChI is InChI=1S/C18H17FN6O2/c1-24(6-7-26)16-12-8-11(19)4-5-13(12)25-9-20-14(17(25)22-16)15-21-18(27-23-15)10-2-3-10/h4-5,8-10,26H,2-3,6-7H2,1H3. The number of aliphatic hydroxyl groups is 1. The second-order valence-corrected chi connectivity index (χ2v) is 6.76. The Morgan fingerprint density at radius 1 is 1.33 bits per heavy atom. The number of hydrogen-bond donors (Lipinski definition) is 1. The van der Waals surface area contributed by atoms with Gasteiger partial charge in [0.15, 0.2) is 11.3 Å².